The molecule has 21 heavy (non-hydrogen) atoms. The Balaban J connectivity index is 1.69. The number of thioether (sulfide) groups is 1. The molecule has 2 aromatic carbocycles. The molecule has 0 aliphatic carbocycles. The van der Waals surface area contributed by atoms with Crippen molar-refractivity contribution in [3.05, 3.63) is 59.7 Å². The van der Waals surface area contributed by atoms with Gasteiger partial charge in [-0.2, -0.15) is 0 Å². The fourth-order valence-corrected chi connectivity index (χ4v) is 3.67. The van der Waals surface area contributed by atoms with Gasteiger partial charge in [0.1, 0.15) is 5.75 Å². The number of hydrogen-bond acceptors (Lipinski definition) is 4. The van der Waals surface area contributed by atoms with E-state index in [9.17, 15) is 0 Å². The second-order valence-corrected chi connectivity index (χ2v) is 6.13. The van der Waals surface area contributed by atoms with Gasteiger partial charge in [-0.15, -0.1) is 11.8 Å². The van der Waals surface area contributed by atoms with Crippen LogP contribution in [0.5, 0.6) is 5.75 Å². The Bertz CT molecular complexity index is 669. The molecule has 0 radical (unpaired) electrons. The van der Waals surface area contributed by atoms with Crippen LogP contribution >= 0.6 is 11.8 Å². The molecule has 4 heteroatoms. The Labute approximate surface area is 128 Å². The summed E-state index contributed by atoms with van der Waals surface area (Å²) in [4.78, 5) is 1.36. The Kier molecular flexibility index (Phi) is 4.15. The van der Waals surface area contributed by atoms with Gasteiger partial charge >= 0.3 is 0 Å². The third kappa shape index (κ3) is 3.05. The number of oxime groups is 1. The van der Waals surface area contributed by atoms with Gasteiger partial charge in [-0.05, 0) is 30.7 Å². The van der Waals surface area contributed by atoms with Crippen LogP contribution in [0.25, 0.3) is 0 Å². The minimum atomic E-state index is 0.433. The summed E-state index contributed by atoms with van der Waals surface area (Å²) in [5.74, 6) is 2.31. The van der Waals surface area contributed by atoms with Crippen molar-refractivity contribution >= 4 is 17.5 Å². The molecule has 0 fully saturated rings. The first-order chi connectivity index (χ1) is 10.3. The topological polar surface area (TPSA) is 41.8 Å². The second kappa shape index (κ2) is 6.22. The van der Waals surface area contributed by atoms with Gasteiger partial charge in [0.2, 0.25) is 0 Å². The maximum atomic E-state index is 8.84. The van der Waals surface area contributed by atoms with Crippen molar-refractivity contribution in [1.82, 2.24) is 0 Å². The first-order valence-corrected chi connectivity index (χ1v) is 7.90. The predicted molar refractivity (Wildman–Crippen MR) is 85.8 cm³/mol. The summed E-state index contributed by atoms with van der Waals surface area (Å²) in [6.45, 7) is 2.44. The second-order valence-electron chi connectivity index (χ2n) is 5.07. The van der Waals surface area contributed by atoms with Crippen LogP contribution in [0, 0.1) is 0 Å². The maximum absolute atomic E-state index is 8.84. The zero-order valence-electron chi connectivity index (χ0n) is 11.8. The maximum Gasteiger partial charge on any atom is 0.119 e. The summed E-state index contributed by atoms with van der Waals surface area (Å²) in [5, 5.41) is 12.1. The van der Waals surface area contributed by atoms with Crippen LogP contribution in [-0.2, 0) is 0 Å². The molecule has 0 spiro atoms. The highest BCUT2D eigenvalue weighted by molar-refractivity contribution is 7.99. The summed E-state index contributed by atoms with van der Waals surface area (Å²) < 4.78 is 5.93. The van der Waals surface area contributed by atoms with Crippen LogP contribution in [0.3, 0.4) is 0 Å². The average molecular weight is 299 g/mol. The normalized spacial score (nSPS) is 17.6. The molecule has 1 aliphatic heterocycles. The van der Waals surface area contributed by atoms with E-state index in [4.69, 9.17) is 9.94 Å². The van der Waals surface area contributed by atoms with E-state index in [0.717, 1.165) is 17.1 Å². The number of benzene rings is 2. The molecule has 1 heterocycles. The van der Waals surface area contributed by atoms with Gasteiger partial charge in [-0.1, -0.05) is 35.5 Å². The minimum Gasteiger partial charge on any atom is -0.493 e. The SMILES string of the molecule is CC(=NO)c1cccc(OCC2CSc3ccccc32)c1. The highest BCUT2D eigenvalue weighted by Crippen LogP contribution is 2.39. The molecular weight excluding hydrogens is 282 g/mol. The van der Waals surface area contributed by atoms with E-state index in [-0.39, 0.29) is 0 Å². The first-order valence-electron chi connectivity index (χ1n) is 6.91. The Morgan fingerprint density at radius 2 is 2.14 bits per heavy atom. The largest absolute Gasteiger partial charge is 0.493 e. The van der Waals surface area contributed by atoms with Crippen LogP contribution in [0.2, 0.25) is 0 Å². The lowest BCUT2D eigenvalue weighted by molar-refractivity contribution is 0.298. The lowest BCUT2D eigenvalue weighted by Gasteiger charge is -2.13. The van der Waals surface area contributed by atoms with Gasteiger partial charge in [-0.25, -0.2) is 0 Å². The van der Waals surface area contributed by atoms with Gasteiger partial charge in [0.25, 0.3) is 0 Å². The standard InChI is InChI=1S/C17H17NO2S/c1-12(18-19)13-5-4-6-15(9-13)20-10-14-11-21-17-8-3-2-7-16(14)17/h2-9,14,19H,10-11H2,1H3. The first kappa shape index (κ1) is 14.0. The molecule has 1 N–H and O–H groups in total. The molecule has 0 bridgehead atoms. The van der Waals surface area contributed by atoms with Crippen LogP contribution in [0.1, 0.15) is 24.0 Å². The molecule has 108 valence electrons. The fraction of sp³-hybridized carbons (Fsp3) is 0.235. The Hall–Kier alpha value is -1.94. The van der Waals surface area contributed by atoms with Crippen LogP contribution < -0.4 is 4.74 Å². The summed E-state index contributed by atoms with van der Waals surface area (Å²) in [7, 11) is 0. The highest BCUT2D eigenvalue weighted by atomic mass is 32.2. The van der Waals surface area contributed by atoms with E-state index >= 15 is 0 Å². The molecule has 3 rings (SSSR count). The summed E-state index contributed by atoms with van der Waals surface area (Å²) in [6, 6.07) is 16.2. The fourth-order valence-electron chi connectivity index (χ4n) is 2.43. The number of fused-ring (bicyclic) bond motifs is 1. The third-order valence-corrected chi connectivity index (χ3v) is 4.90. The summed E-state index contributed by atoms with van der Waals surface area (Å²) in [6.07, 6.45) is 0. The van der Waals surface area contributed by atoms with Crippen molar-refractivity contribution in [2.45, 2.75) is 17.7 Å². The predicted octanol–water partition coefficient (Wildman–Crippen LogP) is 4.15. The molecule has 0 saturated carbocycles. The van der Waals surface area contributed by atoms with Crippen molar-refractivity contribution < 1.29 is 9.94 Å². The van der Waals surface area contributed by atoms with Crippen molar-refractivity contribution in [1.29, 1.82) is 0 Å². The van der Waals surface area contributed by atoms with E-state index in [1.165, 1.54) is 10.5 Å². The van der Waals surface area contributed by atoms with E-state index in [1.807, 2.05) is 36.0 Å². The zero-order chi connectivity index (χ0) is 14.7. The lowest BCUT2D eigenvalue weighted by atomic mass is 10.0. The van der Waals surface area contributed by atoms with Crippen LogP contribution in [0.4, 0.5) is 0 Å². The smallest absolute Gasteiger partial charge is 0.119 e. The van der Waals surface area contributed by atoms with E-state index in [2.05, 4.69) is 29.4 Å². The molecule has 0 saturated heterocycles. The van der Waals surface area contributed by atoms with E-state index < -0.39 is 0 Å². The minimum absolute atomic E-state index is 0.433. The van der Waals surface area contributed by atoms with Gasteiger partial charge in [0.05, 0.1) is 12.3 Å². The molecule has 0 aromatic heterocycles. The van der Waals surface area contributed by atoms with Crippen LogP contribution in [-0.4, -0.2) is 23.3 Å². The van der Waals surface area contributed by atoms with Crippen LogP contribution in [0.15, 0.2) is 58.6 Å². The average Bonchev–Trinajstić information content (AvgIpc) is 2.95. The molecule has 2 aromatic rings. The number of ether oxygens (including phenoxy) is 1. The van der Waals surface area contributed by atoms with Crippen molar-refractivity contribution in [3.8, 4) is 5.75 Å². The third-order valence-electron chi connectivity index (χ3n) is 3.65. The Morgan fingerprint density at radius 3 is 3.00 bits per heavy atom. The molecule has 0 amide bonds. The quantitative estimate of drug-likeness (QED) is 0.524. The van der Waals surface area contributed by atoms with Crippen molar-refractivity contribution in [2.75, 3.05) is 12.4 Å². The molecule has 1 atom stereocenters. The zero-order valence-corrected chi connectivity index (χ0v) is 12.6. The van der Waals surface area contributed by atoms with Gasteiger partial charge < -0.3 is 9.94 Å². The van der Waals surface area contributed by atoms with Gasteiger partial charge in [0, 0.05) is 22.1 Å². The number of nitrogens with zero attached hydrogens (tertiary/aromatic N) is 1. The van der Waals surface area contributed by atoms with Gasteiger partial charge in [0.15, 0.2) is 0 Å². The van der Waals surface area contributed by atoms with Gasteiger partial charge in [-0.3, -0.25) is 0 Å². The summed E-state index contributed by atoms with van der Waals surface area (Å²) in [5.41, 5.74) is 2.84. The van der Waals surface area contributed by atoms with Crippen molar-refractivity contribution in [3.63, 3.8) is 0 Å². The molecule has 3 nitrogen and oxygen atoms in total. The monoisotopic (exact) mass is 299 g/mol. The molecular formula is C17H17NO2S. The number of hydrogen-bond donors (Lipinski definition) is 1. The van der Waals surface area contributed by atoms with Crippen molar-refractivity contribution in [2.24, 2.45) is 5.16 Å². The molecule has 1 aliphatic rings. The molecule has 1 unspecified atom stereocenters. The Morgan fingerprint density at radius 1 is 1.29 bits per heavy atom. The van der Waals surface area contributed by atoms with E-state index in [0.29, 0.717) is 18.2 Å². The van der Waals surface area contributed by atoms with E-state index in [1.54, 1.807) is 6.92 Å². The highest BCUT2D eigenvalue weighted by Gasteiger charge is 2.23. The summed E-state index contributed by atoms with van der Waals surface area (Å²) >= 11 is 1.89. The number of rotatable bonds is 4. The lowest BCUT2D eigenvalue weighted by Crippen LogP contribution is -2.10.